The van der Waals surface area contributed by atoms with Crippen molar-refractivity contribution in [2.75, 3.05) is 36.5 Å². The van der Waals surface area contributed by atoms with Gasteiger partial charge < -0.3 is 28.7 Å². The number of benzene rings is 2. The third-order valence-electron chi connectivity index (χ3n) is 10.4. The number of azo groups is 2. The maximum absolute atomic E-state index is 11.4. The van der Waals surface area contributed by atoms with E-state index in [2.05, 4.69) is 107 Å². The fourth-order valence-corrected chi connectivity index (χ4v) is 7.50. The topological polar surface area (TPSA) is 155 Å². The van der Waals surface area contributed by atoms with Gasteiger partial charge in [0, 0.05) is 37.1 Å². The summed E-state index contributed by atoms with van der Waals surface area (Å²) in [6, 6.07) is 6.44. The number of rotatable bonds is 7. The van der Waals surface area contributed by atoms with Crippen LogP contribution in [0.15, 0.2) is 54.0 Å². The lowest BCUT2D eigenvalue weighted by atomic mass is 9.73. The monoisotopic (exact) mass is 710 g/mol. The molecule has 0 saturated carbocycles. The molecule has 0 saturated heterocycles. The van der Waals surface area contributed by atoms with Gasteiger partial charge in [0.1, 0.15) is 0 Å². The predicted octanol–water partition coefficient (Wildman–Crippen LogP) is 10.1. The molecule has 2 aromatic heterocycles. The quantitative estimate of drug-likeness (QED) is 0.184. The standard InChI is InChI=1S/C22H28N4O3.C17H22N4O2/c1-12-15-7-8-22(5,6)26-11-21(3,4)10-14(18(15)26)9-16(12)23-24-19-17(20(27)28)13(2)29-25-19;1-4-22-16-11-23-20-17(16)19-18-14-10-13-7-5-6-8-21(3)15(13)9-12(14)2/h9H,7-8,10-11H2,1-6H3,(H,27,28);9-11H,4-8H2,1-3H3. The maximum Gasteiger partial charge on any atom is 0.343 e. The number of hydrogen-bond donors (Lipinski definition) is 1. The molecule has 13 nitrogen and oxygen atoms in total. The zero-order valence-electron chi connectivity index (χ0n) is 31.8. The zero-order chi connectivity index (χ0) is 37.4. The first-order valence-electron chi connectivity index (χ1n) is 18.1. The van der Waals surface area contributed by atoms with Crippen LogP contribution in [0.25, 0.3) is 0 Å². The summed E-state index contributed by atoms with van der Waals surface area (Å²) in [6.07, 6.45) is 8.02. The van der Waals surface area contributed by atoms with E-state index in [1.54, 1.807) is 6.92 Å². The van der Waals surface area contributed by atoms with Gasteiger partial charge in [-0.1, -0.05) is 24.2 Å². The molecular formula is C39H50N8O5. The highest BCUT2D eigenvalue weighted by Crippen LogP contribution is 2.49. The summed E-state index contributed by atoms with van der Waals surface area (Å²) in [4.78, 5) is 16.3. The zero-order valence-corrected chi connectivity index (χ0v) is 31.8. The second-order valence-electron chi connectivity index (χ2n) is 15.5. The Bertz CT molecular complexity index is 2020. The number of carbonyl (C=O) groups is 1. The van der Waals surface area contributed by atoms with Crippen molar-refractivity contribution in [2.24, 2.45) is 25.9 Å². The minimum absolute atomic E-state index is 0.00357. The molecule has 276 valence electrons. The van der Waals surface area contributed by atoms with Gasteiger partial charge >= 0.3 is 5.97 Å². The Morgan fingerprint density at radius 1 is 0.962 bits per heavy atom. The molecule has 0 fully saturated rings. The number of aromatic nitrogens is 2. The molecule has 0 spiro atoms. The van der Waals surface area contributed by atoms with Gasteiger partial charge in [-0.2, -0.15) is 0 Å². The second-order valence-corrected chi connectivity index (χ2v) is 15.5. The van der Waals surface area contributed by atoms with Crippen molar-refractivity contribution in [3.8, 4) is 5.75 Å². The SMILES string of the molecule is CCOc1conc1N=Nc1cc2c(cc1C)N(C)CCCC2.Cc1onc(N=Nc2cc3c4c(c2C)CCC(C)(C)N4CC(C)(C)C3)c1C(=O)O. The fraction of sp³-hybridized carbons (Fsp3) is 0.513. The molecule has 3 aliphatic heterocycles. The van der Waals surface area contributed by atoms with E-state index < -0.39 is 5.97 Å². The summed E-state index contributed by atoms with van der Waals surface area (Å²) >= 11 is 0. The molecule has 3 aliphatic rings. The van der Waals surface area contributed by atoms with Gasteiger partial charge in [-0.05, 0) is 131 Å². The number of ether oxygens (including phenoxy) is 1. The van der Waals surface area contributed by atoms with Crippen LogP contribution in [-0.2, 0) is 19.3 Å². The Labute approximate surface area is 305 Å². The van der Waals surface area contributed by atoms with Crippen LogP contribution in [0.1, 0.15) is 97.8 Å². The number of aryl methyl sites for hydroxylation is 3. The van der Waals surface area contributed by atoms with Crippen molar-refractivity contribution in [3.05, 3.63) is 63.6 Å². The van der Waals surface area contributed by atoms with Crippen molar-refractivity contribution in [1.82, 2.24) is 10.3 Å². The van der Waals surface area contributed by atoms with Crippen molar-refractivity contribution in [1.29, 1.82) is 0 Å². The van der Waals surface area contributed by atoms with Gasteiger partial charge in [0.25, 0.3) is 5.82 Å². The summed E-state index contributed by atoms with van der Waals surface area (Å²) in [5, 5.41) is 34.0. The molecule has 52 heavy (non-hydrogen) atoms. The van der Waals surface area contributed by atoms with Crippen molar-refractivity contribution < 1.29 is 23.7 Å². The first-order valence-corrected chi connectivity index (χ1v) is 18.1. The number of carboxylic acids is 1. The van der Waals surface area contributed by atoms with E-state index >= 15 is 0 Å². The second kappa shape index (κ2) is 14.5. The van der Waals surface area contributed by atoms with Gasteiger partial charge in [-0.15, -0.1) is 20.5 Å². The third kappa shape index (κ3) is 7.44. The summed E-state index contributed by atoms with van der Waals surface area (Å²) in [5.74, 6) is 0.00321. The first kappa shape index (κ1) is 36.7. The van der Waals surface area contributed by atoms with Crippen molar-refractivity contribution >= 4 is 40.4 Å². The molecule has 0 unspecified atom stereocenters. The van der Waals surface area contributed by atoms with Crippen molar-refractivity contribution in [3.63, 3.8) is 0 Å². The normalized spacial score (nSPS) is 17.4. The average Bonchev–Trinajstić information content (AvgIpc) is 3.64. The Balaban J connectivity index is 0.000000183. The fourth-order valence-electron chi connectivity index (χ4n) is 7.50. The summed E-state index contributed by atoms with van der Waals surface area (Å²) < 4.78 is 15.3. The van der Waals surface area contributed by atoms with Crippen LogP contribution in [0.4, 0.5) is 34.4 Å². The minimum Gasteiger partial charge on any atom is -0.487 e. The van der Waals surface area contributed by atoms with E-state index in [1.807, 2.05) is 6.92 Å². The molecule has 0 aliphatic carbocycles. The van der Waals surface area contributed by atoms with Gasteiger partial charge in [0.05, 0.1) is 18.0 Å². The van der Waals surface area contributed by atoms with E-state index in [4.69, 9.17) is 13.8 Å². The lowest BCUT2D eigenvalue weighted by Gasteiger charge is -2.53. The van der Waals surface area contributed by atoms with E-state index in [1.165, 1.54) is 47.2 Å². The summed E-state index contributed by atoms with van der Waals surface area (Å²) in [6.45, 7) is 19.5. The lowest BCUT2D eigenvalue weighted by Crippen LogP contribution is -2.54. The summed E-state index contributed by atoms with van der Waals surface area (Å²) in [7, 11) is 2.15. The smallest absolute Gasteiger partial charge is 0.343 e. The van der Waals surface area contributed by atoms with Gasteiger partial charge in [-0.3, -0.25) is 0 Å². The van der Waals surface area contributed by atoms with Gasteiger partial charge in [0.15, 0.2) is 17.6 Å². The van der Waals surface area contributed by atoms with E-state index in [0.29, 0.717) is 18.2 Å². The number of anilines is 2. The molecule has 4 aromatic rings. The Morgan fingerprint density at radius 2 is 1.69 bits per heavy atom. The summed E-state index contributed by atoms with van der Waals surface area (Å²) in [5.41, 5.74) is 10.7. The number of hydrogen-bond acceptors (Lipinski definition) is 12. The van der Waals surface area contributed by atoms with Gasteiger partial charge in [-0.25, -0.2) is 4.79 Å². The number of aromatic carboxylic acids is 1. The molecule has 0 amide bonds. The van der Waals surface area contributed by atoms with Crippen LogP contribution in [0.2, 0.25) is 0 Å². The molecule has 1 N–H and O–H groups in total. The van der Waals surface area contributed by atoms with Crippen LogP contribution in [0.5, 0.6) is 5.75 Å². The van der Waals surface area contributed by atoms with Crippen LogP contribution >= 0.6 is 0 Å². The molecule has 0 radical (unpaired) electrons. The highest BCUT2D eigenvalue weighted by atomic mass is 16.5. The largest absolute Gasteiger partial charge is 0.487 e. The van der Waals surface area contributed by atoms with Crippen molar-refractivity contribution in [2.45, 2.75) is 99.5 Å². The van der Waals surface area contributed by atoms with Crippen LogP contribution in [0, 0.1) is 26.2 Å². The highest BCUT2D eigenvalue weighted by Gasteiger charge is 2.42. The highest BCUT2D eigenvalue weighted by molar-refractivity contribution is 5.93. The Morgan fingerprint density at radius 3 is 2.44 bits per heavy atom. The first-order chi connectivity index (χ1) is 24.7. The molecule has 13 heteroatoms. The molecule has 0 bridgehead atoms. The van der Waals surface area contributed by atoms with Crippen LogP contribution in [0.3, 0.4) is 0 Å². The number of nitrogens with zero attached hydrogens (tertiary/aromatic N) is 8. The minimum atomic E-state index is -1.12. The molecule has 2 aromatic carbocycles. The Hall–Kier alpha value is -5.07. The van der Waals surface area contributed by atoms with E-state index in [9.17, 15) is 9.90 Å². The number of fused-ring (bicyclic) bond motifs is 1. The molecular weight excluding hydrogens is 660 g/mol. The van der Waals surface area contributed by atoms with Crippen LogP contribution in [-0.4, -0.2) is 53.7 Å². The molecule has 5 heterocycles. The van der Waals surface area contributed by atoms with E-state index in [-0.39, 0.29) is 28.1 Å². The third-order valence-corrected chi connectivity index (χ3v) is 10.4. The maximum atomic E-state index is 11.4. The molecule has 7 rings (SSSR count). The van der Waals surface area contributed by atoms with Gasteiger partial charge in [0.2, 0.25) is 11.6 Å². The van der Waals surface area contributed by atoms with Crippen LogP contribution < -0.4 is 14.5 Å². The predicted molar refractivity (Wildman–Crippen MR) is 200 cm³/mol. The lowest BCUT2D eigenvalue weighted by molar-refractivity contribution is 0.0695. The average molecular weight is 711 g/mol. The Kier molecular flexibility index (Phi) is 10.2. The van der Waals surface area contributed by atoms with E-state index in [0.717, 1.165) is 61.3 Å². The number of carboxylic acid groups (broad SMARTS) is 1. The molecule has 0 atom stereocenters.